The summed E-state index contributed by atoms with van der Waals surface area (Å²) in [4.78, 5) is 21.2. The fourth-order valence-electron chi connectivity index (χ4n) is 1.06. The van der Waals surface area contributed by atoms with E-state index in [9.17, 15) is 9.59 Å². The highest BCUT2D eigenvalue weighted by molar-refractivity contribution is 5.88. The highest BCUT2D eigenvalue weighted by atomic mass is 16.4. The van der Waals surface area contributed by atoms with Crippen LogP contribution in [-0.2, 0) is 9.59 Å². The topological polar surface area (TPSA) is 101 Å². The first-order chi connectivity index (χ1) is 6.99. The van der Waals surface area contributed by atoms with Crippen LogP contribution in [-0.4, -0.2) is 28.2 Å². The van der Waals surface area contributed by atoms with Gasteiger partial charge < -0.3 is 15.9 Å². The number of nitrogens with two attached hydrogens (primary N) is 1. The van der Waals surface area contributed by atoms with E-state index in [-0.39, 0.29) is 12.0 Å². The molecule has 1 atom stereocenters. The number of hydrogen-bond acceptors (Lipinski definition) is 3. The van der Waals surface area contributed by atoms with Gasteiger partial charge in [0.1, 0.15) is 6.04 Å². The fourth-order valence-corrected chi connectivity index (χ4v) is 1.06. The van der Waals surface area contributed by atoms with Crippen LogP contribution in [0.15, 0.2) is 11.6 Å². The second-order valence-electron chi connectivity index (χ2n) is 3.33. The first-order valence-electron chi connectivity index (χ1n) is 4.89. The van der Waals surface area contributed by atoms with Crippen LogP contribution in [0, 0.1) is 0 Å². The summed E-state index contributed by atoms with van der Waals surface area (Å²) in [6.45, 7) is 2.00. The molecule has 0 aromatic carbocycles. The third-order valence-corrected chi connectivity index (χ3v) is 1.98. The predicted octanol–water partition coefficient (Wildman–Crippen LogP) is 0.990. The lowest BCUT2D eigenvalue weighted by atomic mass is 10.0. The minimum atomic E-state index is -1.18. The minimum Gasteiger partial charge on any atom is -0.480 e. The lowest BCUT2D eigenvalue weighted by Gasteiger charge is -2.06. The molecule has 0 saturated carbocycles. The molecule has 0 aromatic heterocycles. The number of carbonyl (C=O) groups is 2. The zero-order chi connectivity index (χ0) is 11.8. The molecule has 0 spiro atoms. The number of rotatable bonds is 7. The first kappa shape index (κ1) is 13.6. The first-order valence-corrected chi connectivity index (χ1v) is 4.89. The maximum atomic E-state index is 10.7. The second-order valence-corrected chi connectivity index (χ2v) is 3.33. The largest absolute Gasteiger partial charge is 0.480 e. The molecule has 1 unspecified atom stereocenters. The predicted molar refractivity (Wildman–Crippen MR) is 55.5 cm³/mol. The molecule has 0 heterocycles. The van der Waals surface area contributed by atoms with Gasteiger partial charge in [0, 0.05) is 12.0 Å². The monoisotopic (exact) mass is 215 g/mol. The van der Waals surface area contributed by atoms with Gasteiger partial charge >= 0.3 is 11.9 Å². The molecule has 0 saturated heterocycles. The summed E-state index contributed by atoms with van der Waals surface area (Å²) in [5.41, 5.74) is 5.34. The van der Waals surface area contributed by atoms with Crippen LogP contribution >= 0.6 is 0 Å². The van der Waals surface area contributed by atoms with Crippen LogP contribution in [0.25, 0.3) is 0 Å². The van der Waals surface area contributed by atoms with Crippen molar-refractivity contribution in [3.05, 3.63) is 11.6 Å². The summed E-state index contributed by atoms with van der Waals surface area (Å²) in [5, 5.41) is 17.3. The van der Waals surface area contributed by atoms with Crippen molar-refractivity contribution in [3.63, 3.8) is 0 Å². The molecule has 15 heavy (non-hydrogen) atoms. The van der Waals surface area contributed by atoms with Crippen molar-refractivity contribution >= 4 is 11.9 Å². The smallest absolute Gasteiger partial charge is 0.331 e. The summed E-state index contributed by atoms with van der Waals surface area (Å²) in [6.07, 6.45) is 3.92. The van der Waals surface area contributed by atoms with Gasteiger partial charge in [-0.25, -0.2) is 4.79 Å². The third kappa shape index (κ3) is 5.85. The van der Waals surface area contributed by atoms with Gasteiger partial charge in [0.25, 0.3) is 0 Å². The third-order valence-electron chi connectivity index (χ3n) is 1.98. The summed E-state index contributed by atoms with van der Waals surface area (Å²) >= 11 is 0. The average molecular weight is 215 g/mol. The molecule has 0 rings (SSSR count). The highest BCUT2D eigenvalue weighted by Crippen LogP contribution is 2.08. The summed E-state index contributed by atoms with van der Waals surface area (Å²) < 4.78 is 0. The van der Waals surface area contributed by atoms with Crippen LogP contribution < -0.4 is 5.73 Å². The van der Waals surface area contributed by atoms with E-state index in [0.29, 0.717) is 6.42 Å². The summed E-state index contributed by atoms with van der Waals surface area (Å²) in [5.74, 6) is -2.28. The Hall–Kier alpha value is -1.36. The number of unbranched alkanes of at least 4 members (excludes halogenated alkanes) is 2. The lowest BCUT2D eigenvalue weighted by Crippen LogP contribution is -2.31. The normalized spacial score (nSPS) is 13.6. The van der Waals surface area contributed by atoms with Gasteiger partial charge in [-0.05, 0) is 6.42 Å². The Labute approximate surface area is 88.6 Å². The molecule has 0 aliphatic heterocycles. The summed E-state index contributed by atoms with van der Waals surface area (Å²) in [7, 11) is 0. The highest BCUT2D eigenvalue weighted by Gasteiger charge is 2.17. The van der Waals surface area contributed by atoms with Crippen LogP contribution in [0.1, 0.15) is 32.6 Å². The maximum Gasteiger partial charge on any atom is 0.331 e. The molecule has 5 heteroatoms. The number of hydrogen-bond donors (Lipinski definition) is 3. The molecule has 0 aliphatic rings. The fraction of sp³-hybridized carbons (Fsp3) is 0.600. The quantitative estimate of drug-likeness (QED) is 0.434. The van der Waals surface area contributed by atoms with E-state index in [1.807, 2.05) is 6.92 Å². The molecule has 5 nitrogen and oxygen atoms in total. The molecule has 4 N–H and O–H groups in total. The van der Waals surface area contributed by atoms with Crippen molar-refractivity contribution in [1.29, 1.82) is 0 Å². The molecule has 86 valence electrons. The van der Waals surface area contributed by atoms with Crippen LogP contribution in [0.5, 0.6) is 0 Å². The maximum absolute atomic E-state index is 10.7. The Morgan fingerprint density at radius 1 is 1.40 bits per heavy atom. The minimum absolute atomic E-state index is 0.0818. The second kappa shape index (κ2) is 7.00. The Morgan fingerprint density at radius 3 is 2.40 bits per heavy atom. The average Bonchev–Trinajstić information content (AvgIpc) is 2.15. The van der Waals surface area contributed by atoms with Crippen LogP contribution in [0.2, 0.25) is 0 Å². The molecular formula is C10H17NO4. The van der Waals surface area contributed by atoms with Crippen molar-refractivity contribution in [2.24, 2.45) is 5.73 Å². The molecule has 0 fully saturated rings. The van der Waals surface area contributed by atoms with E-state index in [2.05, 4.69) is 0 Å². The molecule has 0 radical (unpaired) electrons. The number of allylic oxidation sites excluding steroid dienone is 1. The van der Waals surface area contributed by atoms with Crippen molar-refractivity contribution in [2.75, 3.05) is 0 Å². The van der Waals surface area contributed by atoms with Crippen LogP contribution in [0.4, 0.5) is 0 Å². The standard InChI is InChI=1S/C10H17NO4/c1-2-3-4-5-7(9(12)13)6-8(11)10(14)15/h5,8H,2-4,6,11H2,1H3,(H,12,13)(H,14,15)/b7-5-. The number of carboxylic acid groups (broad SMARTS) is 2. The van der Waals surface area contributed by atoms with Gasteiger partial charge in [0.05, 0.1) is 0 Å². The number of carboxylic acids is 2. The van der Waals surface area contributed by atoms with Crippen molar-refractivity contribution < 1.29 is 19.8 Å². The van der Waals surface area contributed by atoms with E-state index in [0.717, 1.165) is 12.8 Å². The van der Waals surface area contributed by atoms with Crippen molar-refractivity contribution in [3.8, 4) is 0 Å². The van der Waals surface area contributed by atoms with Gasteiger partial charge in [-0.3, -0.25) is 4.79 Å². The van der Waals surface area contributed by atoms with Crippen molar-refractivity contribution in [1.82, 2.24) is 0 Å². The van der Waals surface area contributed by atoms with Gasteiger partial charge in [-0.1, -0.05) is 25.8 Å². The zero-order valence-corrected chi connectivity index (χ0v) is 8.77. The van der Waals surface area contributed by atoms with Gasteiger partial charge in [-0.15, -0.1) is 0 Å². The Balaban J connectivity index is 4.34. The SMILES string of the molecule is CCCC/C=C(/CC(N)C(=O)O)C(=O)O. The van der Waals surface area contributed by atoms with E-state index >= 15 is 0 Å². The van der Waals surface area contributed by atoms with Gasteiger partial charge in [-0.2, -0.15) is 0 Å². The Kier molecular flexibility index (Phi) is 6.37. The number of aliphatic carboxylic acids is 2. The zero-order valence-electron chi connectivity index (χ0n) is 8.77. The van der Waals surface area contributed by atoms with Crippen molar-refractivity contribution in [2.45, 2.75) is 38.6 Å². The van der Waals surface area contributed by atoms with E-state index in [1.165, 1.54) is 0 Å². The van der Waals surface area contributed by atoms with Crippen LogP contribution in [0.3, 0.4) is 0 Å². The molecule has 0 bridgehead atoms. The van der Waals surface area contributed by atoms with E-state index < -0.39 is 18.0 Å². The lowest BCUT2D eigenvalue weighted by molar-refractivity contribution is -0.138. The van der Waals surface area contributed by atoms with Gasteiger partial charge in [0.2, 0.25) is 0 Å². The molecule has 0 aliphatic carbocycles. The van der Waals surface area contributed by atoms with E-state index in [1.54, 1.807) is 6.08 Å². The molecular weight excluding hydrogens is 198 g/mol. The van der Waals surface area contributed by atoms with E-state index in [4.69, 9.17) is 15.9 Å². The molecule has 0 amide bonds. The summed E-state index contributed by atoms with van der Waals surface area (Å²) in [6, 6.07) is -1.14. The van der Waals surface area contributed by atoms with Gasteiger partial charge in [0.15, 0.2) is 0 Å². The molecule has 0 aromatic rings. The Morgan fingerprint density at radius 2 is 2.00 bits per heavy atom. The Bertz CT molecular complexity index is 260.